The summed E-state index contributed by atoms with van der Waals surface area (Å²) in [5.41, 5.74) is 0. The van der Waals surface area contributed by atoms with Gasteiger partial charge in [-0.3, -0.25) is 4.79 Å². The molecule has 0 saturated carbocycles. The lowest BCUT2D eigenvalue weighted by atomic mass is 10.0. The molecule has 0 spiro atoms. The molecular formula is C11H26N2O. The van der Waals surface area contributed by atoms with Crippen LogP contribution >= 0.6 is 0 Å². The predicted molar refractivity (Wildman–Crippen MR) is 62.3 cm³/mol. The van der Waals surface area contributed by atoms with Crippen LogP contribution in [-0.2, 0) is 4.79 Å². The SMILES string of the molecule is CC.CNC(=O)CC(CC(C)C)NC. The van der Waals surface area contributed by atoms with Crippen molar-refractivity contribution in [1.29, 1.82) is 0 Å². The maximum atomic E-state index is 11.0. The average Bonchev–Trinajstić information content (AvgIpc) is 2.19. The Hall–Kier alpha value is -0.570. The number of amides is 1. The maximum Gasteiger partial charge on any atom is 0.221 e. The van der Waals surface area contributed by atoms with E-state index in [-0.39, 0.29) is 5.91 Å². The van der Waals surface area contributed by atoms with Gasteiger partial charge in [0.25, 0.3) is 0 Å². The molecule has 1 amide bonds. The minimum atomic E-state index is 0.106. The van der Waals surface area contributed by atoms with Crippen molar-refractivity contribution in [1.82, 2.24) is 10.6 Å². The van der Waals surface area contributed by atoms with E-state index in [1.807, 2.05) is 20.9 Å². The molecule has 0 radical (unpaired) electrons. The van der Waals surface area contributed by atoms with E-state index in [4.69, 9.17) is 0 Å². The number of carbonyl (C=O) groups is 1. The third-order valence-corrected chi connectivity index (χ3v) is 1.87. The summed E-state index contributed by atoms with van der Waals surface area (Å²) in [6.45, 7) is 8.32. The van der Waals surface area contributed by atoms with E-state index in [9.17, 15) is 4.79 Å². The molecule has 1 unspecified atom stereocenters. The molecule has 86 valence electrons. The summed E-state index contributed by atoms with van der Waals surface area (Å²) in [5.74, 6) is 0.738. The Morgan fingerprint density at radius 3 is 2.00 bits per heavy atom. The fourth-order valence-electron chi connectivity index (χ4n) is 1.20. The van der Waals surface area contributed by atoms with E-state index in [1.165, 1.54) is 0 Å². The molecule has 14 heavy (non-hydrogen) atoms. The highest BCUT2D eigenvalue weighted by Gasteiger charge is 2.11. The van der Waals surface area contributed by atoms with Crippen molar-refractivity contribution in [2.75, 3.05) is 14.1 Å². The van der Waals surface area contributed by atoms with Crippen LogP contribution in [0.4, 0.5) is 0 Å². The van der Waals surface area contributed by atoms with Crippen molar-refractivity contribution in [3.63, 3.8) is 0 Å². The first-order chi connectivity index (χ1) is 6.60. The molecule has 1 atom stereocenters. The van der Waals surface area contributed by atoms with Crippen LogP contribution < -0.4 is 10.6 Å². The van der Waals surface area contributed by atoms with Crippen LogP contribution in [0.2, 0.25) is 0 Å². The van der Waals surface area contributed by atoms with Gasteiger partial charge >= 0.3 is 0 Å². The standard InChI is InChI=1S/C9H20N2O.C2H6/c1-7(2)5-8(10-3)6-9(12)11-4;1-2/h7-8,10H,5-6H2,1-4H3,(H,11,12);1-2H3. The summed E-state index contributed by atoms with van der Waals surface area (Å²) < 4.78 is 0. The molecule has 0 bridgehead atoms. The zero-order chi connectivity index (χ0) is 11.6. The largest absolute Gasteiger partial charge is 0.359 e. The summed E-state index contributed by atoms with van der Waals surface area (Å²) in [6.07, 6.45) is 1.62. The van der Waals surface area contributed by atoms with Crippen molar-refractivity contribution in [3.05, 3.63) is 0 Å². The van der Waals surface area contributed by atoms with Crippen LogP contribution in [0, 0.1) is 5.92 Å². The molecule has 0 aliphatic carbocycles. The molecule has 0 heterocycles. The second-order valence-electron chi connectivity index (χ2n) is 3.49. The highest BCUT2D eigenvalue weighted by molar-refractivity contribution is 5.76. The van der Waals surface area contributed by atoms with Crippen LogP contribution in [0.1, 0.15) is 40.5 Å². The van der Waals surface area contributed by atoms with Gasteiger partial charge in [0.1, 0.15) is 0 Å². The average molecular weight is 202 g/mol. The summed E-state index contributed by atoms with van der Waals surface area (Å²) in [7, 11) is 3.57. The molecule has 0 saturated heterocycles. The van der Waals surface area contributed by atoms with E-state index in [0.717, 1.165) is 6.42 Å². The van der Waals surface area contributed by atoms with Gasteiger partial charge in [-0.1, -0.05) is 27.7 Å². The van der Waals surface area contributed by atoms with Crippen molar-refractivity contribution < 1.29 is 4.79 Å². The van der Waals surface area contributed by atoms with Crippen LogP contribution in [-0.4, -0.2) is 26.0 Å². The smallest absolute Gasteiger partial charge is 0.221 e. The molecular weight excluding hydrogens is 176 g/mol. The summed E-state index contributed by atoms with van der Waals surface area (Å²) in [6, 6.07) is 0.310. The normalized spacial score (nSPS) is 11.6. The van der Waals surface area contributed by atoms with Gasteiger partial charge in [-0.25, -0.2) is 0 Å². The molecule has 0 rings (SSSR count). The minimum Gasteiger partial charge on any atom is -0.359 e. The Morgan fingerprint density at radius 1 is 1.21 bits per heavy atom. The monoisotopic (exact) mass is 202 g/mol. The van der Waals surface area contributed by atoms with Gasteiger partial charge in [-0.15, -0.1) is 0 Å². The third-order valence-electron chi connectivity index (χ3n) is 1.87. The Labute approximate surface area is 88.7 Å². The maximum absolute atomic E-state index is 11.0. The summed E-state index contributed by atoms with van der Waals surface area (Å²) in [4.78, 5) is 11.0. The number of nitrogens with one attached hydrogen (secondary N) is 2. The van der Waals surface area contributed by atoms with Crippen LogP contribution in [0.15, 0.2) is 0 Å². The Morgan fingerprint density at radius 2 is 1.71 bits per heavy atom. The highest BCUT2D eigenvalue weighted by atomic mass is 16.1. The number of hydrogen-bond acceptors (Lipinski definition) is 2. The summed E-state index contributed by atoms with van der Waals surface area (Å²) >= 11 is 0. The zero-order valence-corrected chi connectivity index (χ0v) is 10.5. The van der Waals surface area contributed by atoms with E-state index < -0.39 is 0 Å². The van der Waals surface area contributed by atoms with E-state index in [0.29, 0.717) is 18.4 Å². The number of rotatable bonds is 5. The van der Waals surface area contributed by atoms with Gasteiger partial charge in [-0.2, -0.15) is 0 Å². The zero-order valence-electron chi connectivity index (χ0n) is 10.5. The van der Waals surface area contributed by atoms with Crippen LogP contribution in [0.5, 0.6) is 0 Å². The van der Waals surface area contributed by atoms with Gasteiger partial charge in [0.2, 0.25) is 5.91 Å². The molecule has 0 aromatic heterocycles. The van der Waals surface area contributed by atoms with Crippen LogP contribution in [0.3, 0.4) is 0 Å². The van der Waals surface area contributed by atoms with Gasteiger partial charge in [0.15, 0.2) is 0 Å². The first kappa shape index (κ1) is 15.9. The van der Waals surface area contributed by atoms with E-state index in [2.05, 4.69) is 24.5 Å². The van der Waals surface area contributed by atoms with Crippen molar-refractivity contribution in [2.24, 2.45) is 5.92 Å². The van der Waals surface area contributed by atoms with Gasteiger partial charge in [0.05, 0.1) is 0 Å². The molecule has 0 aromatic carbocycles. The molecule has 0 aromatic rings. The first-order valence-electron chi connectivity index (χ1n) is 5.48. The third kappa shape index (κ3) is 9.52. The van der Waals surface area contributed by atoms with E-state index >= 15 is 0 Å². The Kier molecular flexibility index (Phi) is 11.9. The quantitative estimate of drug-likeness (QED) is 0.713. The van der Waals surface area contributed by atoms with Crippen molar-refractivity contribution in [3.8, 4) is 0 Å². The van der Waals surface area contributed by atoms with E-state index in [1.54, 1.807) is 7.05 Å². The van der Waals surface area contributed by atoms with Crippen LogP contribution in [0.25, 0.3) is 0 Å². The number of carbonyl (C=O) groups excluding carboxylic acids is 1. The number of hydrogen-bond donors (Lipinski definition) is 2. The molecule has 0 aliphatic rings. The second kappa shape index (κ2) is 10.5. The fraction of sp³-hybridized carbons (Fsp3) is 0.909. The second-order valence-corrected chi connectivity index (χ2v) is 3.49. The molecule has 0 aliphatic heterocycles. The first-order valence-corrected chi connectivity index (χ1v) is 5.48. The molecule has 2 N–H and O–H groups in total. The lowest BCUT2D eigenvalue weighted by Crippen LogP contribution is -2.33. The topological polar surface area (TPSA) is 41.1 Å². The van der Waals surface area contributed by atoms with Crippen molar-refractivity contribution >= 4 is 5.91 Å². The van der Waals surface area contributed by atoms with Gasteiger partial charge in [0, 0.05) is 19.5 Å². The Bertz CT molecular complexity index is 135. The molecule has 0 fully saturated rings. The minimum absolute atomic E-state index is 0.106. The summed E-state index contributed by atoms with van der Waals surface area (Å²) in [5, 5.41) is 5.76. The predicted octanol–water partition coefficient (Wildman–Crippen LogP) is 1.78. The lowest BCUT2D eigenvalue weighted by Gasteiger charge is -2.16. The van der Waals surface area contributed by atoms with Crippen molar-refractivity contribution in [2.45, 2.75) is 46.6 Å². The highest BCUT2D eigenvalue weighted by Crippen LogP contribution is 2.06. The lowest BCUT2D eigenvalue weighted by molar-refractivity contribution is -0.121. The Balaban J connectivity index is 0. The van der Waals surface area contributed by atoms with Gasteiger partial charge in [-0.05, 0) is 19.4 Å². The van der Waals surface area contributed by atoms with Gasteiger partial charge < -0.3 is 10.6 Å². The fourth-order valence-corrected chi connectivity index (χ4v) is 1.20. The molecule has 3 heteroatoms. The molecule has 3 nitrogen and oxygen atoms in total.